The molecule has 0 atom stereocenters. The summed E-state index contributed by atoms with van der Waals surface area (Å²) in [6, 6.07) is 11.3. The summed E-state index contributed by atoms with van der Waals surface area (Å²) in [6.45, 7) is 1.02. The number of fused-ring (bicyclic) bond motifs is 1. The Kier molecular flexibility index (Phi) is 4.17. The third-order valence-corrected chi connectivity index (χ3v) is 5.13. The largest absolute Gasteiger partial charge is 0.490 e. The molecule has 1 aliphatic heterocycles. The van der Waals surface area contributed by atoms with Crippen LogP contribution in [-0.2, 0) is 10.0 Å². The van der Waals surface area contributed by atoms with Crippen LogP contribution in [0.4, 0.5) is 5.69 Å². The van der Waals surface area contributed by atoms with Crippen molar-refractivity contribution in [3.05, 3.63) is 42.5 Å². The summed E-state index contributed by atoms with van der Waals surface area (Å²) in [6.07, 6.45) is 0.748. The third kappa shape index (κ3) is 3.31. The first-order chi connectivity index (χ1) is 12.6. The predicted octanol–water partition coefficient (Wildman–Crippen LogP) is 1.83. The fraction of sp³-hybridized carbons (Fsp3) is 0.188. The summed E-state index contributed by atoms with van der Waals surface area (Å²) in [7, 11) is -3.79. The van der Waals surface area contributed by atoms with Gasteiger partial charge >= 0.3 is 0 Å². The molecule has 1 aromatic heterocycles. The lowest BCUT2D eigenvalue weighted by Gasteiger charge is -2.12. The molecule has 0 radical (unpaired) electrons. The average Bonchev–Trinajstić information content (AvgIpc) is 3.07. The SMILES string of the molecule is O=S(=O)(Nc1cccc(-c2nn[nH]n2)c1)c1ccc2c(c1)OCCCO2. The molecule has 2 N–H and O–H groups in total. The molecule has 9 nitrogen and oxygen atoms in total. The Morgan fingerprint density at radius 3 is 2.69 bits per heavy atom. The number of H-pyrrole nitrogens is 1. The monoisotopic (exact) mass is 373 g/mol. The molecular weight excluding hydrogens is 358 g/mol. The van der Waals surface area contributed by atoms with Gasteiger partial charge in [0.2, 0.25) is 5.82 Å². The summed E-state index contributed by atoms with van der Waals surface area (Å²) in [5.41, 5.74) is 1.03. The highest BCUT2D eigenvalue weighted by Gasteiger charge is 2.19. The van der Waals surface area contributed by atoms with E-state index in [0.29, 0.717) is 41.8 Å². The number of hydrogen-bond acceptors (Lipinski definition) is 7. The van der Waals surface area contributed by atoms with E-state index in [4.69, 9.17) is 9.47 Å². The lowest BCUT2D eigenvalue weighted by Crippen LogP contribution is -2.13. The minimum Gasteiger partial charge on any atom is -0.490 e. The molecule has 4 rings (SSSR count). The summed E-state index contributed by atoms with van der Waals surface area (Å²) in [4.78, 5) is 0.0896. The van der Waals surface area contributed by atoms with Crippen molar-refractivity contribution in [2.45, 2.75) is 11.3 Å². The summed E-state index contributed by atoms with van der Waals surface area (Å²) in [5.74, 6) is 1.34. The number of anilines is 1. The predicted molar refractivity (Wildman–Crippen MR) is 92.5 cm³/mol. The minimum atomic E-state index is -3.79. The van der Waals surface area contributed by atoms with Crippen LogP contribution in [0.2, 0.25) is 0 Å². The first-order valence-corrected chi connectivity index (χ1v) is 9.36. The van der Waals surface area contributed by atoms with Crippen LogP contribution in [-0.4, -0.2) is 42.3 Å². The van der Waals surface area contributed by atoms with Gasteiger partial charge in [0.05, 0.1) is 18.1 Å². The molecule has 0 saturated heterocycles. The Morgan fingerprint density at radius 2 is 1.88 bits per heavy atom. The fourth-order valence-electron chi connectivity index (χ4n) is 2.53. The van der Waals surface area contributed by atoms with Gasteiger partial charge in [-0.1, -0.05) is 12.1 Å². The number of sulfonamides is 1. The smallest absolute Gasteiger partial charge is 0.262 e. The van der Waals surface area contributed by atoms with Crippen LogP contribution in [0.1, 0.15) is 6.42 Å². The molecule has 0 saturated carbocycles. The number of ether oxygens (including phenoxy) is 2. The van der Waals surface area contributed by atoms with Gasteiger partial charge in [-0.3, -0.25) is 4.72 Å². The maximum atomic E-state index is 12.7. The van der Waals surface area contributed by atoms with Gasteiger partial charge in [-0.15, -0.1) is 10.2 Å². The standard InChI is InChI=1S/C16H15N5O4S/c22-26(23,13-5-6-14-15(10-13)25-8-2-7-24-14)19-12-4-1-3-11(9-12)16-17-20-21-18-16/h1,3-6,9-10,19H,2,7-8H2,(H,17,18,20,21). The van der Waals surface area contributed by atoms with E-state index >= 15 is 0 Å². The van der Waals surface area contributed by atoms with Crippen molar-refractivity contribution in [2.24, 2.45) is 0 Å². The van der Waals surface area contributed by atoms with Crippen molar-refractivity contribution in [3.8, 4) is 22.9 Å². The number of benzene rings is 2. The van der Waals surface area contributed by atoms with Gasteiger partial charge in [0, 0.05) is 23.7 Å². The normalized spacial score (nSPS) is 13.8. The van der Waals surface area contributed by atoms with Crippen molar-refractivity contribution >= 4 is 15.7 Å². The Bertz CT molecular complexity index is 1020. The van der Waals surface area contributed by atoms with Crippen molar-refractivity contribution in [1.82, 2.24) is 20.6 Å². The van der Waals surface area contributed by atoms with Crippen molar-refractivity contribution in [3.63, 3.8) is 0 Å². The fourth-order valence-corrected chi connectivity index (χ4v) is 3.60. The molecule has 26 heavy (non-hydrogen) atoms. The average molecular weight is 373 g/mol. The van der Waals surface area contributed by atoms with Gasteiger partial charge in [0.15, 0.2) is 11.5 Å². The van der Waals surface area contributed by atoms with E-state index in [1.54, 1.807) is 30.3 Å². The Hall–Kier alpha value is -3.14. The molecule has 3 aromatic rings. The Labute approximate surface area is 149 Å². The lowest BCUT2D eigenvalue weighted by molar-refractivity contribution is 0.297. The van der Waals surface area contributed by atoms with Gasteiger partial charge in [-0.2, -0.15) is 5.21 Å². The van der Waals surface area contributed by atoms with Crippen molar-refractivity contribution in [1.29, 1.82) is 0 Å². The lowest BCUT2D eigenvalue weighted by atomic mass is 10.2. The minimum absolute atomic E-state index is 0.0896. The number of tetrazole rings is 1. The number of nitrogens with one attached hydrogen (secondary N) is 2. The Morgan fingerprint density at radius 1 is 1.04 bits per heavy atom. The number of nitrogens with zero attached hydrogens (tertiary/aromatic N) is 3. The second-order valence-corrected chi connectivity index (χ2v) is 7.26. The van der Waals surface area contributed by atoms with E-state index in [9.17, 15) is 8.42 Å². The molecule has 1 aliphatic rings. The van der Waals surface area contributed by atoms with Crippen LogP contribution in [0, 0.1) is 0 Å². The van der Waals surface area contributed by atoms with Crippen LogP contribution in [0.5, 0.6) is 11.5 Å². The molecule has 0 aliphatic carbocycles. The van der Waals surface area contributed by atoms with E-state index in [0.717, 1.165) is 6.42 Å². The zero-order chi connectivity index (χ0) is 18.0. The van der Waals surface area contributed by atoms with Gasteiger partial charge < -0.3 is 9.47 Å². The second kappa shape index (κ2) is 6.64. The number of rotatable bonds is 4. The summed E-state index contributed by atoms with van der Waals surface area (Å²) < 4.78 is 39.1. The molecule has 134 valence electrons. The molecule has 0 spiro atoms. The Balaban J connectivity index is 1.62. The number of hydrogen-bond donors (Lipinski definition) is 2. The highest BCUT2D eigenvalue weighted by atomic mass is 32.2. The molecule has 0 fully saturated rings. The van der Waals surface area contributed by atoms with Gasteiger partial charge in [-0.25, -0.2) is 8.42 Å². The van der Waals surface area contributed by atoms with Crippen LogP contribution in [0.15, 0.2) is 47.4 Å². The molecule has 0 unspecified atom stereocenters. The quantitative estimate of drug-likeness (QED) is 0.716. The zero-order valence-electron chi connectivity index (χ0n) is 13.5. The van der Waals surface area contributed by atoms with Crippen LogP contribution in [0.3, 0.4) is 0 Å². The molecule has 2 aromatic carbocycles. The molecule has 0 amide bonds. The molecule has 10 heteroatoms. The number of aromatic nitrogens is 4. The van der Waals surface area contributed by atoms with Gasteiger partial charge in [-0.05, 0) is 29.5 Å². The van der Waals surface area contributed by atoms with Gasteiger partial charge in [0.25, 0.3) is 10.0 Å². The summed E-state index contributed by atoms with van der Waals surface area (Å²) in [5, 5.41) is 13.6. The topological polar surface area (TPSA) is 119 Å². The molecule has 0 bridgehead atoms. The zero-order valence-corrected chi connectivity index (χ0v) is 14.4. The van der Waals surface area contributed by atoms with Crippen LogP contribution >= 0.6 is 0 Å². The molecule has 2 heterocycles. The van der Waals surface area contributed by atoms with Gasteiger partial charge in [0.1, 0.15) is 0 Å². The first-order valence-electron chi connectivity index (χ1n) is 7.88. The van der Waals surface area contributed by atoms with Crippen molar-refractivity contribution < 1.29 is 17.9 Å². The van der Waals surface area contributed by atoms with E-state index in [1.165, 1.54) is 12.1 Å². The summed E-state index contributed by atoms with van der Waals surface area (Å²) >= 11 is 0. The number of aromatic amines is 1. The highest BCUT2D eigenvalue weighted by Crippen LogP contribution is 2.32. The maximum absolute atomic E-state index is 12.7. The van der Waals surface area contributed by atoms with Crippen molar-refractivity contribution in [2.75, 3.05) is 17.9 Å². The highest BCUT2D eigenvalue weighted by molar-refractivity contribution is 7.92. The van der Waals surface area contributed by atoms with E-state index in [-0.39, 0.29) is 4.90 Å². The van der Waals surface area contributed by atoms with E-state index in [2.05, 4.69) is 25.3 Å². The third-order valence-electron chi connectivity index (χ3n) is 3.75. The second-order valence-electron chi connectivity index (χ2n) is 5.58. The molecular formula is C16H15N5O4S. The maximum Gasteiger partial charge on any atom is 0.262 e. The van der Waals surface area contributed by atoms with Crippen LogP contribution < -0.4 is 14.2 Å². The van der Waals surface area contributed by atoms with E-state index < -0.39 is 10.0 Å². The first kappa shape index (κ1) is 16.3. The van der Waals surface area contributed by atoms with Crippen LogP contribution in [0.25, 0.3) is 11.4 Å². The van der Waals surface area contributed by atoms with E-state index in [1.807, 2.05) is 0 Å².